The number of benzene rings is 3. The number of Topliss-reactive ketones (excluding diaryl/α,β-unsaturated/α-hetero) is 1. The standard InChI is InChI=1S/C28H26BrNO5/c1-4-34-22-14-13-21(16-23(22)35-5-2)30-25(19-8-6-7-17(3)15-19)24(27(32)28(30)33)26(31)18-9-11-20(29)12-10-18/h6-16,25,31H,4-5H2,1-3H3/b26-24+. The number of halogens is 1. The summed E-state index contributed by atoms with van der Waals surface area (Å²) in [6.07, 6.45) is 0. The lowest BCUT2D eigenvalue weighted by atomic mass is 9.94. The van der Waals surface area contributed by atoms with E-state index in [1.807, 2.05) is 45.0 Å². The number of ether oxygens (including phenoxy) is 2. The van der Waals surface area contributed by atoms with Crippen LogP contribution in [0, 0.1) is 6.92 Å². The number of carbonyl (C=O) groups is 2. The van der Waals surface area contributed by atoms with Gasteiger partial charge in [0.05, 0.1) is 24.8 Å². The Morgan fingerprint density at radius 3 is 2.29 bits per heavy atom. The van der Waals surface area contributed by atoms with Crippen LogP contribution in [0.2, 0.25) is 0 Å². The molecule has 1 atom stereocenters. The summed E-state index contributed by atoms with van der Waals surface area (Å²) in [4.78, 5) is 28.2. The van der Waals surface area contributed by atoms with E-state index in [2.05, 4.69) is 15.9 Å². The van der Waals surface area contributed by atoms with Gasteiger partial charge in [-0.05, 0) is 50.6 Å². The van der Waals surface area contributed by atoms with Gasteiger partial charge in [-0.3, -0.25) is 14.5 Å². The number of hydrogen-bond donors (Lipinski definition) is 1. The quantitative estimate of drug-likeness (QED) is 0.222. The zero-order valence-electron chi connectivity index (χ0n) is 19.7. The molecule has 0 saturated carbocycles. The molecule has 1 fully saturated rings. The molecule has 1 aliphatic heterocycles. The maximum Gasteiger partial charge on any atom is 0.300 e. The lowest BCUT2D eigenvalue weighted by Gasteiger charge is -2.26. The molecule has 180 valence electrons. The van der Waals surface area contributed by atoms with Gasteiger partial charge in [-0.15, -0.1) is 0 Å². The number of amides is 1. The molecular formula is C28H26BrNO5. The Labute approximate surface area is 212 Å². The molecule has 0 aliphatic carbocycles. The van der Waals surface area contributed by atoms with Crippen molar-refractivity contribution in [1.82, 2.24) is 0 Å². The molecule has 1 amide bonds. The molecule has 35 heavy (non-hydrogen) atoms. The maximum absolute atomic E-state index is 13.4. The van der Waals surface area contributed by atoms with Gasteiger partial charge >= 0.3 is 0 Å². The van der Waals surface area contributed by atoms with Crippen LogP contribution >= 0.6 is 15.9 Å². The van der Waals surface area contributed by atoms with E-state index in [1.165, 1.54) is 4.90 Å². The Balaban J connectivity index is 1.92. The lowest BCUT2D eigenvalue weighted by molar-refractivity contribution is -0.132. The van der Waals surface area contributed by atoms with E-state index in [0.717, 1.165) is 15.6 Å². The number of hydrogen-bond acceptors (Lipinski definition) is 5. The highest BCUT2D eigenvalue weighted by molar-refractivity contribution is 9.10. The molecule has 1 saturated heterocycles. The summed E-state index contributed by atoms with van der Waals surface area (Å²) >= 11 is 3.38. The highest BCUT2D eigenvalue weighted by Crippen LogP contribution is 2.44. The number of carbonyl (C=O) groups excluding carboxylic acids is 2. The minimum atomic E-state index is -0.814. The molecule has 4 rings (SSSR count). The van der Waals surface area contributed by atoms with Crippen LogP contribution in [-0.4, -0.2) is 30.0 Å². The second kappa shape index (κ2) is 10.4. The molecule has 3 aromatic rings. The number of ketones is 1. The molecule has 1 N–H and O–H groups in total. The fraction of sp³-hybridized carbons (Fsp3) is 0.214. The molecule has 1 unspecified atom stereocenters. The van der Waals surface area contributed by atoms with E-state index in [9.17, 15) is 14.7 Å². The third-order valence-corrected chi connectivity index (χ3v) is 6.25. The van der Waals surface area contributed by atoms with Crippen molar-refractivity contribution in [3.05, 3.63) is 93.5 Å². The van der Waals surface area contributed by atoms with Crippen molar-refractivity contribution >= 4 is 39.1 Å². The monoisotopic (exact) mass is 535 g/mol. The molecule has 1 heterocycles. The van der Waals surface area contributed by atoms with Gasteiger partial charge < -0.3 is 14.6 Å². The minimum Gasteiger partial charge on any atom is -0.507 e. The van der Waals surface area contributed by atoms with Crippen molar-refractivity contribution in [2.24, 2.45) is 0 Å². The predicted octanol–water partition coefficient (Wildman–Crippen LogP) is 6.18. The molecule has 3 aromatic carbocycles. The van der Waals surface area contributed by atoms with Gasteiger partial charge in [-0.1, -0.05) is 57.9 Å². The maximum atomic E-state index is 13.4. The van der Waals surface area contributed by atoms with Crippen LogP contribution in [0.1, 0.15) is 36.6 Å². The molecule has 7 heteroatoms. The highest BCUT2D eigenvalue weighted by Gasteiger charge is 2.47. The zero-order chi connectivity index (χ0) is 25.1. The Morgan fingerprint density at radius 1 is 0.943 bits per heavy atom. The van der Waals surface area contributed by atoms with E-state index in [4.69, 9.17) is 9.47 Å². The average Bonchev–Trinajstić information content (AvgIpc) is 3.11. The van der Waals surface area contributed by atoms with Crippen molar-refractivity contribution in [2.45, 2.75) is 26.8 Å². The second-order valence-electron chi connectivity index (χ2n) is 8.09. The average molecular weight is 536 g/mol. The first-order valence-electron chi connectivity index (χ1n) is 11.4. The summed E-state index contributed by atoms with van der Waals surface area (Å²) in [6, 6.07) is 18.8. The molecule has 1 aliphatic rings. The highest BCUT2D eigenvalue weighted by atomic mass is 79.9. The van der Waals surface area contributed by atoms with Gasteiger partial charge in [0.2, 0.25) is 0 Å². The first-order valence-corrected chi connectivity index (χ1v) is 12.2. The number of rotatable bonds is 7. The third kappa shape index (κ3) is 4.82. The van der Waals surface area contributed by atoms with E-state index in [1.54, 1.807) is 42.5 Å². The van der Waals surface area contributed by atoms with Crippen LogP contribution in [-0.2, 0) is 9.59 Å². The van der Waals surface area contributed by atoms with Crippen molar-refractivity contribution in [1.29, 1.82) is 0 Å². The summed E-state index contributed by atoms with van der Waals surface area (Å²) in [5, 5.41) is 11.2. The number of anilines is 1. The predicted molar refractivity (Wildman–Crippen MR) is 139 cm³/mol. The van der Waals surface area contributed by atoms with Gasteiger partial charge in [0.15, 0.2) is 11.5 Å². The van der Waals surface area contributed by atoms with Crippen LogP contribution in [0.15, 0.2) is 76.8 Å². The topological polar surface area (TPSA) is 76.1 Å². The van der Waals surface area contributed by atoms with E-state index >= 15 is 0 Å². The summed E-state index contributed by atoms with van der Waals surface area (Å²) < 4.78 is 12.2. The van der Waals surface area contributed by atoms with Gasteiger partial charge in [0.1, 0.15) is 5.76 Å². The van der Waals surface area contributed by atoms with Gasteiger partial charge in [0, 0.05) is 21.8 Å². The van der Waals surface area contributed by atoms with Crippen LogP contribution < -0.4 is 14.4 Å². The van der Waals surface area contributed by atoms with Crippen LogP contribution in [0.4, 0.5) is 5.69 Å². The number of nitrogens with zero attached hydrogens (tertiary/aromatic N) is 1. The van der Waals surface area contributed by atoms with Crippen molar-refractivity contribution in [2.75, 3.05) is 18.1 Å². The molecule has 0 spiro atoms. The zero-order valence-corrected chi connectivity index (χ0v) is 21.3. The first kappa shape index (κ1) is 24.5. The molecule has 6 nitrogen and oxygen atoms in total. The summed E-state index contributed by atoms with van der Waals surface area (Å²) in [5.41, 5.74) is 2.65. The second-order valence-corrected chi connectivity index (χ2v) is 9.00. The van der Waals surface area contributed by atoms with Crippen molar-refractivity contribution < 1.29 is 24.2 Å². The van der Waals surface area contributed by atoms with E-state index in [-0.39, 0.29) is 11.3 Å². The van der Waals surface area contributed by atoms with E-state index in [0.29, 0.717) is 36.0 Å². The van der Waals surface area contributed by atoms with Gasteiger partial charge in [-0.2, -0.15) is 0 Å². The fourth-order valence-electron chi connectivity index (χ4n) is 4.21. The SMILES string of the molecule is CCOc1ccc(N2C(=O)C(=O)/C(=C(/O)c3ccc(Br)cc3)C2c2cccc(C)c2)cc1OCC. The Hall–Kier alpha value is -3.58. The van der Waals surface area contributed by atoms with Crippen molar-refractivity contribution in [3.8, 4) is 11.5 Å². The van der Waals surface area contributed by atoms with Crippen LogP contribution in [0.3, 0.4) is 0 Å². The summed E-state index contributed by atoms with van der Waals surface area (Å²) in [5.74, 6) is -0.660. The van der Waals surface area contributed by atoms with Crippen LogP contribution in [0.5, 0.6) is 11.5 Å². The fourth-order valence-corrected chi connectivity index (χ4v) is 4.47. The molecule has 0 radical (unpaired) electrons. The smallest absolute Gasteiger partial charge is 0.300 e. The first-order chi connectivity index (χ1) is 16.8. The molecule has 0 aromatic heterocycles. The lowest BCUT2D eigenvalue weighted by Crippen LogP contribution is -2.29. The molecular weight excluding hydrogens is 510 g/mol. The Morgan fingerprint density at radius 2 is 1.63 bits per heavy atom. The summed E-state index contributed by atoms with van der Waals surface area (Å²) in [7, 11) is 0. The van der Waals surface area contributed by atoms with Gasteiger partial charge in [0.25, 0.3) is 11.7 Å². The Kier molecular flexibility index (Phi) is 7.26. The Bertz CT molecular complexity index is 1300. The molecule has 0 bridgehead atoms. The van der Waals surface area contributed by atoms with E-state index < -0.39 is 17.7 Å². The number of aryl methyl sites for hydroxylation is 1. The number of aliphatic hydroxyl groups is 1. The minimum absolute atomic E-state index is 0.0368. The van der Waals surface area contributed by atoms with Crippen LogP contribution in [0.25, 0.3) is 5.76 Å². The third-order valence-electron chi connectivity index (χ3n) is 5.73. The number of aliphatic hydroxyl groups excluding tert-OH is 1. The normalized spacial score (nSPS) is 17.0. The van der Waals surface area contributed by atoms with Gasteiger partial charge in [-0.25, -0.2) is 0 Å². The summed E-state index contributed by atoms with van der Waals surface area (Å²) in [6.45, 7) is 6.55. The van der Waals surface area contributed by atoms with Crippen molar-refractivity contribution in [3.63, 3.8) is 0 Å². The largest absolute Gasteiger partial charge is 0.507 e.